The Morgan fingerprint density at radius 2 is 1.79 bits per heavy atom. The second-order valence-corrected chi connectivity index (χ2v) is 6.05. The highest BCUT2D eigenvalue weighted by Crippen LogP contribution is 2.29. The molecule has 0 radical (unpaired) electrons. The zero-order chi connectivity index (χ0) is 20.1. The lowest BCUT2D eigenvalue weighted by Crippen LogP contribution is -2.15. The van der Waals surface area contributed by atoms with Crippen molar-refractivity contribution in [2.45, 2.75) is 13.3 Å². The molecule has 0 atom stereocenters. The van der Waals surface area contributed by atoms with Gasteiger partial charge in [0.15, 0.2) is 0 Å². The highest BCUT2D eigenvalue weighted by molar-refractivity contribution is 5.93. The van der Waals surface area contributed by atoms with Gasteiger partial charge in [-0.2, -0.15) is 0 Å². The molecule has 1 amide bonds. The smallest absolute Gasteiger partial charge is 0.230 e. The molecular weight excluding hydrogens is 360 g/mol. The van der Waals surface area contributed by atoms with Crippen LogP contribution in [0.1, 0.15) is 11.5 Å². The fourth-order valence-electron chi connectivity index (χ4n) is 2.73. The molecular formula is C21H22N2O5. The molecule has 3 aromatic rings. The highest BCUT2D eigenvalue weighted by atomic mass is 16.5. The van der Waals surface area contributed by atoms with E-state index in [2.05, 4.69) is 10.3 Å². The van der Waals surface area contributed by atoms with Gasteiger partial charge in [-0.3, -0.25) is 4.79 Å². The van der Waals surface area contributed by atoms with Crippen LogP contribution in [-0.2, 0) is 11.2 Å². The number of carbonyl (C=O) groups excluding carboxylic acids is 1. The monoisotopic (exact) mass is 382 g/mol. The number of carbonyl (C=O) groups is 1. The van der Waals surface area contributed by atoms with Gasteiger partial charge in [-0.15, -0.1) is 0 Å². The van der Waals surface area contributed by atoms with E-state index >= 15 is 0 Å². The number of rotatable bonds is 7. The molecule has 2 aromatic carbocycles. The lowest BCUT2D eigenvalue weighted by molar-refractivity contribution is -0.115. The molecule has 1 N–H and O–H groups in total. The number of anilines is 1. The normalized spacial score (nSPS) is 10.4. The van der Waals surface area contributed by atoms with E-state index in [1.54, 1.807) is 46.5 Å². The van der Waals surface area contributed by atoms with Crippen LogP contribution in [-0.4, -0.2) is 32.2 Å². The Morgan fingerprint density at radius 1 is 1.04 bits per heavy atom. The predicted octanol–water partition coefficient (Wildman–Crippen LogP) is 3.86. The van der Waals surface area contributed by atoms with Gasteiger partial charge in [0.05, 0.1) is 39.1 Å². The second kappa shape index (κ2) is 8.47. The van der Waals surface area contributed by atoms with Crippen LogP contribution in [0.15, 0.2) is 46.9 Å². The molecule has 0 aliphatic carbocycles. The number of nitrogens with one attached hydrogen (secondary N) is 1. The van der Waals surface area contributed by atoms with Crippen LogP contribution in [0.5, 0.6) is 17.2 Å². The number of nitrogens with zero attached hydrogens (tertiary/aromatic N) is 1. The predicted molar refractivity (Wildman–Crippen MR) is 105 cm³/mol. The minimum atomic E-state index is -0.236. The minimum Gasteiger partial charge on any atom is -0.497 e. The molecule has 146 valence electrons. The van der Waals surface area contributed by atoms with Crippen molar-refractivity contribution in [2.75, 3.05) is 26.6 Å². The number of amides is 1. The molecule has 0 aliphatic rings. The molecule has 28 heavy (non-hydrogen) atoms. The van der Waals surface area contributed by atoms with E-state index in [4.69, 9.17) is 18.6 Å². The molecule has 1 heterocycles. The van der Waals surface area contributed by atoms with Crippen molar-refractivity contribution in [3.8, 4) is 28.7 Å². The fraction of sp³-hybridized carbons (Fsp3) is 0.238. The van der Waals surface area contributed by atoms with Crippen LogP contribution in [0.3, 0.4) is 0 Å². The second-order valence-electron chi connectivity index (χ2n) is 6.05. The molecule has 0 aliphatic heterocycles. The number of benzene rings is 2. The van der Waals surface area contributed by atoms with Crippen LogP contribution >= 0.6 is 0 Å². The Labute approximate surface area is 163 Å². The summed E-state index contributed by atoms with van der Waals surface area (Å²) in [5.41, 5.74) is 1.88. The summed E-state index contributed by atoms with van der Waals surface area (Å²) >= 11 is 0. The van der Waals surface area contributed by atoms with Gasteiger partial charge in [-0.25, -0.2) is 4.98 Å². The van der Waals surface area contributed by atoms with E-state index in [0.717, 1.165) is 5.56 Å². The summed E-state index contributed by atoms with van der Waals surface area (Å²) in [6.07, 6.45) is 0.0691. The van der Waals surface area contributed by atoms with Gasteiger partial charge >= 0.3 is 0 Å². The van der Waals surface area contributed by atoms with E-state index < -0.39 is 0 Å². The van der Waals surface area contributed by atoms with Crippen molar-refractivity contribution in [2.24, 2.45) is 0 Å². The first-order valence-corrected chi connectivity index (χ1v) is 8.66. The molecule has 0 saturated carbocycles. The number of hydrogen-bond acceptors (Lipinski definition) is 6. The number of ether oxygens (including phenoxy) is 3. The Balaban J connectivity index is 1.77. The zero-order valence-electron chi connectivity index (χ0n) is 16.2. The van der Waals surface area contributed by atoms with Crippen LogP contribution < -0.4 is 19.5 Å². The molecule has 0 bridgehead atoms. The fourth-order valence-corrected chi connectivity index (χ4v) is 2.73. The molecule has 0 unspecified atom stereocenters. The summed E-state index contributed by atoms with van der Waals surface area (Å²) in [5, 5.41) is 2.83. The van der Waals surface area contributed by atoms with Crippen molar-refractivity contribution >= 4 is 11.6 Å². The van der Waals surface area contributed by atoms with Gasteiger partial charge in [0.25, 0.3) is 0 Å². The summed E-state index contributed by atoms with van der Waals surface area (Å²) in [6, 6.07) is 12.6. The third-order valence-corrected chi connectivity index (χ3v) is 4.22. The lowest BCUT2D eigenvalue weighted by Gasteiger charge is -2.11. The molecule has 3 rings (SSSR count). The topological polar surface area (TPSA) is 82.8 Å². The van der Waals surface area contributed by atoms with Gasteiger partial charge < -0.3 is 23.9 Å². The van der Waals surface area contributed by atoms with Crippen LogP contribution in [0.25, 0.3) is 11.5 Å². The third kappa shape index (κ3) is 4.25. The van der Waals surface area contributed by atoms with Crippen LogP contribution in [0.2, 0.25) is 0 Å². The Hall–Kier alpha value is -3.48. The number of aromatic nitrogens is 1. The quantitative estimate of drug-likeness (QED) is 0.668. The van der Waals surface area contributed by atoms with E-state index in [9.17, 15) is 4.79 Å². The van der Waals surface area contributed by atoms with Crippen molar-refractivity contribution in [3.63, 3.8) is 0 Å². The van der Waals surface area contributed by atoms with E-state index in [-0.39, 0.29) is 12.3 Å². The van der Waals surface area contributed by atoms with Gasteiger partial charge in [0.1, 0.15) is 23.0 Å². The van der Waals surface area contributed by atoms with Crippen LogP contribution in [0, 0.1) is 6.92 Å². The summed E-state index contributed by atoms with van der Waals surface area (Å²) < 4.78 is 21.5. The number of hydrogen-bond donors (Lipinski definition) is 1. The maximum Gasteiger partial charge on any atom is 0.230 e. The van der Waals surface area contributed by atoms with Gasteiger partial charge in [-0.05, 0) is 37.3 Å². The van der Waals surface area contributed by atoms with Crippen molar-refractivity contribution in [1.82, 2.24) is 4.98 Å². The maximum atomic E-state index is 12.5. The highest BCUT2D eigenvalue weighted by Gasteiger charge is 2.16. The summed E-state index contributed by atoms with van der Waals surface area (Å²) in [7, 11) is 4.70. The molecule has 7 nitrogen and oxygen atoms in total. The van der Waals surface area contributed by atoms with Crippen LogP contribution in [0.4, 0.5) is 5.69 Å². The van der Waals surface area contributed by atoms with E-state index in [1.807, 2.05) is 24.3 Å². The third-order valence-electron chi connectivity index (χ3n) is 4.22. The summed E-state index contributed by atoms with van der Waals surface area (Å²) in [5.74, 6) is 2.67. The van der Waals surface area contributed by atoms with Gasteiger partial charge in [-0.1, -0.05) is 6.07 Å². The average Bonchev–Trinajstić information content (AvgIpc) is 3.08. The molecule has 0 fully saturated rings. The van der Waals surface area contributed by atoms with Crippen molar-refractivity contribution in [1.29, 1.82) is 0 Å². The lowest BCUT2D eigenvalue weighted by atomic mass is 10.2. The average molecular weight is 382 g/mol. The maximum absolute atomic E-state index is 12.5. The first kappa shape index (κ1) is 19.3. The number of oxazole rings is 1. The molecule has 7 heteroatoms. The van der Waals surface area contributed by atoms with E-state index in [1.165, 1.54) is 0 Å². The van der Waals surface area contributed by atoms with Gasteiger partial charge in [0, 0.05) is 11.6 Å². The Kier molecular flexibility index (Phi) is 5.84. The van der Waals surface area contributed by atoms with Crippen molar-refractivity contribution < 1.29 is 23.4 Å². The first-order valence-electron chi connectivity index (χ1n) is 8.66. The summed E-state index contributed by atoms with van der Waals surface area (Å²) in [4.78, 5) is 17.0. The van der Waals surface area contributed by atoms with E-state index in [0.29, 0.717) is 40.3 Å². The van der Waals surface area contributed by atoms with Crippen molar-refractivity contribution in [3.05, 3.63) is 53.9 Å². The standard InChI is InChI=1S/C21H22N2O5/c1-13-17(23-21(28-13)14-6-5-7-15(10-14)25-2)12-20(24)22-18-11-16(26-3)8-9-19(18)27-4/h5-11H,12H2,1-4H3,(H,22,24). The van der Waals surface area contributed by atoms with Gasteiger partial charge in [0.2, 0.25) is 11.8 Å². The SMILES string of the molecule is COc1cccc(-c2nc(CC(=O)Nc3cc(OC)ccc3OC)c(C)o2)c1. The molecule has 0 spiro atoms. The number of aryl methyl sites for hydroxylation is 1. The first-order chi connectivity index (χ1) is 13.5. The molecule has 1 aromatic heterocycles. The zero-order valence-corrected chi connectivity index (χ0v) is 16.2. The Bertz CT molecular complexity index is 981. The molecule has 0 saturated heterocycles. The largest absolute Gasteiger partial charge is 0.497 e. The minimum absolute atomic E-state index is 0.0691. The summed E-state index contributed by atoms with van der Waals surface area (Å²) in [6.45, 7) is 1.78. The Morgan fingerprint density at radius 3 is 2.50 bits per heavy atom. The number of methoxy groups -OCH3 is 3.